The third-order valence-corrected chi connectivity index (χ3v) is 8.24. The fourth-order valence-corrected chi connectivity index (χ4v) is 6.12. The van der Waals surface area contributed by atoms with E-state index in [1.807, 2.05) is 0 Å². The molecule has 1 aliphatic rings. The number of nitrogens with one attached hydrogen (secondary N) is 1. The van der Waals surface area contributed by atoms with Gasteiger partial charge >= 0.3 is 6.61 Å². The molecule has 1 unspecified atom stereocenters. The van der Waals surface area contributed by atoms with E-state index in [1.165, 1.54) is 23.5 Å². The third kappa shape index (κ3) is 5.92. The molecule has 0 spiro atoms. The van der Waals surface area contributed by atoms with Crippen molar-refractivity contribution >= 4 is 27.3 Å². The molecule has 0 radical (unpaired) electrons. The van der Waals surface area contributed by atoms with E-state index in [-0.39, 0.29) is 34.7 Å². The molecule has 1 aromatic carbocycles. The molecule has 11 heteroatoms. The standard InChI is InChI=1S/C20H24F2N2O5S2/c1-28-16-7-6-14(12-17(16)29-20(21)22)8-9-23-19(25)15-4-2-10-24(13-15)31(26,27)18-5-3-11-30-18/h3,5-7,11-12,15,20H,2,4,8-10,13H2,1H3,(H,23,25). The van der Waals surface area contributed by atoms with Crippen molar-refractivity contribution < 1.29 is 31.5 Å². The summed E-state index contributed by atoms with van der Waals surface area (Å²) in [6.45, 7) is -2.15. The van der Waals surface area contributed by atoms with E-state index in [2.05, 4.69) is 10.1 Å². The molecule has 3 rings (SSSR count). The van der Waals surface area contributed by atoms with Gasteiger partial charge < -0.3 is 14.8 Å². The first-order valence-corrected chi connectivity index (χ1v) is 12.1. The quantitative estimate of drug-likeness (QED) is 0.604. The second-order valence-electron chi connectivity index (χ2n) is 7.04. The fraction of sp³-hybridized carbons (Fsp3) is 0.450. The Morgan fingerprint density at radius 3 is 2.81 bits per heavy atom. The maximum absolute atomic E-state index is 12.7. The summed E-state index contributed by atoms with van der Waals surface area (Å²) in [7, 11) is -2.22. The zero-order chi connectivity index (χ0) is 22.4. The predicted molar refractivity (Wildman–Crippen MR) is 112 cm³/mol. The van der Waals surface area contributed by atoms with Crippen LogP contribution in [0.15, 0.2) is 39.9 Å². The zero-order valence-corrected chi connectivity index (χ0v) is 18.6. The number of halogens is 2. The molecule has 31 heavy (non-hydrogen) atoms. The number of sulfonamides is 1. The predicted octanol–water partition coefficient (Wildman–Crippen LogP) is 3.12. The lowest BCUT2D eigenvalue weighted by molar-refractivity contribution is -0.126. The molecule has 2 aromatic rings. The SMILES string of the molecule is COc1ccc(CCNC(=O)C2CCCN(S(=O)(=O)c3cccs3)C2)cc1OC(F)F. The number of hydrogen-bond acceptors (Lipinski definition) is 6. The normalized spacial score (nSPS) is 17.5. The molecule has 1 aromatic heterocycles. The van der Waals surface area contributed by atoms with Crippen LogP contribution in [0.3, 0.4) is 0 Å². The summed E-state index contributed by atoms with van der Waals surface area (Å²) < 4.78 is 61.6. The number of carbonyl (C=O) groups is 1. The smallest absolute Gasteiger partial charge is 0.387 e. The van der Waals surface area contributed by atoms with Gasteiger partial charge in [0.15, 0.2) is 11.5 Å². The summed E-state index contributed by atoms with van der Waals surface area (Å²) in [6.07, 6.45) is 1.62. The lowest BCUT2D eigenvalue weighted by Crippen LogP contribution is -2.45. The van der Waals surface area contributed by atoms with Crippen molar-refractivity contribution in [3.05, 3.63) is 41.3 Å². The number of piperidine rings is 1. The molecule has 0 aliphatic carbocycles. The molecular formula is C20H24F2N2O5S2. The highest BCUT2D eigenvalue weighted by molar-refractivity contribution is 7.91. The van der Waals surface area contributed by atoms with Crippen molar-refractivity contribution in [2.75, 3.05) is 26.7 Å². The maximum atomic E-state index is 12.7. The van der Waals surface area contributed by atoms with Gasteiger partial charge in [-0.1, -0.05) is 12.1 Å². The Hall–Kier alpha value is -2.24. The minimum atomic E-state index is -3.59. The fourth-order valence-electron chi connectivity index (χ4n) is 3.45. The molecular weight excluding hydrogens is 450 g/mol. The van der Waals surface area contributed by atoms with Crippen LogP contribution in [0.2, 0.25) is 0 Å². The van der Waals surface area contributed by atoms with Gasteiger partial charge in [0.05, 0.1) is 13.0 Å². The molecule has 1 N–H and O–H groups in total. The Labute approximate surface area is 184 Å². The van der Waals surface area contributed by atoms with Gasteiger partial charge in [0.25, 0.3) is 10.0 Å². The number of nitrogens with zero attached hydrogens (tertiary/aromatic N) is 1. The maximum Gasteiger partial charge on any atom is 0.387 e. The van der Waals surface area contributed by atoms with Crippen molar-refractivity contribution in [2.24, 2.45) is 5.92 Å². The first-order valence-electron chi connectivity index (χ1n) is 9.74. The Morgan fingerprint density at radius 1 is 1.32 bits per heavy atom. The summed E-state index contributed by atoms with van der Waals surface area (Å²) in [5.74, 6) is -0.522. The Balaban J connectivity index is 1.55. The van der Waals surface area contributed by atoms with Crippen LogP contribution >= 0.6 is 11.3 Å². The minimum Gasteiger partial charge on any atom is -0.493 e. The van der Waals surface area contributed by atoms with Gasteiger partial charge in [-0.05, 0) is 48.4 Å². The summed E-state index contributed by atoms with van der Waals surface area (Å²) >= 11 is 1.16. The lowest BCUT2D eigenvalue weighted by atomic mass is 9.99. The van der Waals surface area contributed by atoms with Gasteiger partial charge in [0.1, 0.15) is 4.21 Å². The molecule has 0 bridgehead atoms. The average Bonchev–Trinajstić information content (AvgIpc) is 3.29. The van der Waals surface area contributed by atoms with Crippen molar-refractivity contribution in [1.82, 2.24) is 9.62 Å². The van der Waals surface area contributed by atoms with E-state index < -0.39 is 22.6 Å². The number of thiophene rings is 1. The van der Waals surface area contributed by atoms with Crippen LogP contribution in [0.4, 0.5) is 8.78 Å². The average molecular weight is 475 g/mol. The molecule has 7 nitrogen and oxygen atoms in total. The number of benzene rings is 1. The van der Waals surface area contributed by atoms with E-state index in [4.69, 9.17) is 4.74 Å². The zero-order valence-electron chi connectivity index (χ0n) is 16.9. The van der Waals surface area contributed by atoms with Crippen LogP contribution in [-0.4, -0.2) is 52.0 Å². The van der Waals surface area contributed by atoms with Crippen LogP contribution in [-0.2, 0) is 21.2 Å². The molecule has 1 saturated heterocycles. The monoisotopic (exact) mass is 474 g/mol. The third-order valence-electron chi connectivity index (χ3n) is 5.00. The highest BCUT2D eigenvalue weighted by Gasteiger charge is 2.33. The second kappa shape index (κ2) is 10.4. The van der Waals surface area contributed by atoms with E-state index in [0.717, 1.165) is 11.3 Å². The first kappa shape index (κ1) is 23.4. The van der Waals surface area contributed by atoms with Crippen molar-refractivity contribution in [2.45, 2.75) is 30.1 Å². The van der Waals surface area contributed by atoms with Crippen LogP contribution in [0.25, 0.3) is 0 Å². The highest BCUT2D eigenvalue weighted by Crippen LogP contribution is 2.30. The van der Waals surface area contributed by atoms with Gasteiger partial charge in [-0.3, -0.25) is 4.79 Å². The molecule has 0 saturated carbocycles. The number of carbonyl (C=O) groups excluding carboxylic acids is 1. The summed E-state index contributed by atoms with van der Waals surface area (Å²) in [6, 6.07) is 7.93. The van der Waals surface area contributed by atoms with Crippen LogP contribution in [0.5, 0.6) is 11.5 Å². The van der Waals surface area contributed by atoms with E-state index in [1.54, 1.807) is 23.6 Å². The number of hydrogen-bond donors (Lipinski definition) is 1. The highest BCUT2D eigenvalue weighted by atomic mass is 32.2. The molecule has 1 aliphatic heterocycles. The number of rotatable bonds is 9. The largest absolute Gasteiger partial charge is 0.493 e. The van der Waals surface area contributed by atoms with Gasteiger partial charge in [-0.15, -0.1) is 11.3 Å². The van der Waals surface area contributed by atoms with E-state index >= 15 is 0 Å². The van der Waals surface area contributed by atoms with Gasteiger partial charge in [-0.2, -0.15) is 13.1 Å². The summed E-state index contributed by atoms with van der Waals surface area (Å²) in [5, 5.41) is 4.52. The van der Waals surface area contributed by atoms with Crippen LogP contribution in [0.1, 0.15) is 18.4 Å². The van der Waals surface area contributed by atoms with E-state index in [9.17, 15) is 22.0 Å². The lowest BCUT2D eigenvalue weighted by Gasteiger charge is -2.30. The number of ether oxygens (including phenoxy) is 2. The minimum absolute atomic E-state index is 0.0666. The number of alkyl halides is 2. The topological polar surface area (TPSA) is 84.9 Å². The number of methoxy groups -OCH3 is 1. The van der Waals surface area contributed by atoms with Crippen molar-refractivity contribution in [1.29, 1.82) is 0 Å². The molecule has 1 atom stereocenters. The van der Waals surface area contributed by atoms with Crippen LogP contribution in [0, 0.1) is 5.92 Å². The molecule has 2 heterocycles. The first-order chi connectivity index (χ1) is 14.8. The number of amides is 1. The Morgan fingerprint density at radius 2 is 2.13 bits per heavy atom. The van der Waals surface area contributed by atoms with E-state index in [0.29, 0.717) is 31.4 Å². The van der Waals surface area contributed by atoms with Gasteiger partial charge in [0, 0.05) is 19.6 Å². The van der Waals surface area contributed by atoms with Gasteiger partial charge in [0.2, 0.25) is 5.91 Å². The Bertz CT molecular complexity index is 983. The second-order valence-corrected chi connectivity index (χ2v) is 10.2. The van der Waals surface area contributed by atoms with Crippen molar-refractivity contribution in [3.63, 3.8) is 0 Å². The summed E-state index contributed by atoms with van der Waals surface area (Å²) in [5.41, 5.74) is 0.697. The Kier molecular flexibility index (Phi) is 7.84. The molecule has 1 amide bonds. The van der Waals surface area contributed by atoms with Crippen molar-refractivity contribution in [3.8, 4) is 11.5 Å². The van der Waals surface area contributed by atoms with Gasteiger partial charge in [-0.25, -0.2) is 8.42 Å². The summed E-state index contributed by atoms with van der Waals surface area (Å²) in [4.78, 5) is 12.6. The van der Waals surface area contributed by atoms with Crippen LogP contribution < -0.4 is 14.8 Å². The molecule has 1 fully saturated rings. The molecule has 170 valence electrons.